The highest BCUT2D eigenvalue weighted by molar-refractivity contribution is 7.15. The fourth-order valence-corrected chi connectivity index (χ4v) is 3.84. The number of anilines is 1. The van der Waals surface area contributed by atoms with Gasteiger partial charge in [-0.05, 0) is 43.5 Å². The second-order valence-electron chi connectivity index (χ2n) is 7.08. The molecule has 8 nitrogen and oxygen atoms in total. The minimum atomic E-state index is -0.513. The molecule has 3 rings (SSSR count). The molecule has 0 unspecified atom stereocenters. The first-order valence-electron chi connectivity index (χ1n) is 9.95. The monoisotopic (exact) mass is 433 g/mol. The third-order valence-corrected chi connectivity index (χ3v) is 5.80. The minimum Gasteiger partial charge on any atom is -0.356 e. The van der Waals surface area contributed by atoms with Gasteiger partial charge in [0.1, 0.15) is 5.82 Å². The topological polar surface area (TPSA) is 104 Å². The molecule has 0 aliphatic carbocycles. The van der Waals surface area contributed by atoms with Gasteiger partial charge < -0.3 is 15.5 Å². The first kappa shape index (κ1) is 21.8. The molecular formula is C20H24FN5O3S. The van der Waals surface area contributed by atoms with Crippen LogP contribution in [0.3, 0.4) is 0 Å². The maximum absolute atomic E-state index is 13.0. The molecule has 2 aromatic rings. The SMILES string of the molecule is CCCCNC(=O)C1CCN(C(=O)c2nnc(C(=O)Nc3ccc(F)cc3)s2)CC1. The highest BCUT2D eigenvalue weighted by Gasteiger charge is 2.29. The smallest absolute Gasteiger partial charge is 0.286 e. The Bertz CT molecular complexity index is 894. The largest absolute Gasteiger partial charge is 0.356 e. The number of amides is 3. The number of benzene rings is 1. The normalized spacial score (nSPS) is 14.4. The number of rotatable bonds is 7. The quantitative estimate of drug-likeness (QED) is 0.654. The first-order valence-corrected chi connectivity index (χ1v) is 10.8. The van der Waals surface area contributed by atoms with E-state index in [0.29, 0.717) is 38.2 Å². The fraction of sp³-hybridized carbons (Fsp3) is 0.450. The highest BCUT2D eigenvalue weighted by atomic mass is 32.1. The average molecular weight is 434 g/mol. The van der Waals surface area contributed by atoms with Crippen LogP contribution in [0.1, 0.15) is 52.2 Å². The van der Waals surface area contributed by atoms with E-state index >= 15 is 0 Å². The summed E-state index contributed by atoms with van der Waals surface area (Å²) < 4.78 is 13.0. The van der Waals surface area contributed by atoms with Gasteiger partial charge >= 0.3 is 0 Å². The number of unbranched alkanes of at least 4 members (excludes halogenated alkanes) is 1. The van der Waals surface area contributed by atoms with Crippen molar-refractivity contribution in [2.45, 2.75) is 32.6 Å². The molecule has 10 heteroatoms. The number of carbonyl (C=O) groups is 3. The molecule has 3 amide bonds. The minimum absolute atomic E-state index is 0.0474. The molecule has 0 bridgehead atoms. The van der Waals surface area contributed by atoms with Gasteiger partial charge in [0, 0.05) is 31.2 Å². The Morgan fingerprint density at radius 1 is 1.13 bits per heavy atom. The van der Waals surface area contributed by atoms with Crippen LogP contribution in [0, 0.1) is 11.7 Å². The zero-order chi connectivity index (χ0) is 21.5. The molecule has 160 valence electrons. The Morgan fingerprint density at radius 2 is 1.80 bits per heavy atom. The van der Waals surface area contributed by atoms with Gasteiger partial charge in [-0.1, -0.05) is 24.7 Å². The summed E-state index contributed by atoms with van der Waals surface area (Å²) in [7, 11) is 0. The molecule has 0 spiro atoms. The zero-order valence-corrected chi connectivity index (χ0v) is 17.5. The number of aromatic nitrogens is 2. The molecule has 1 saturated heterocycles. The van der Waals surface area contributed by atoms with E-state index in [0.717, 1.165) is 24.2 Å². The van der Waals surface area contributed by atoms with Crippen LogP contribution in [-0.2, 0) is 4.79 Å². The Hall–Kier alpha value is -2.88. The number of halogens is 1. The molecular weight excluding hydrogens is 409 g/mol. The highest BCUT2D eigenvalue weighted by Crippen LogP contribution is 2.21. The first-order chi connectivity index (χ1) is 14.5. The number of hydrogen-bond donors (Lipinski definition) is 2. The molecule has 30 heavy (non-hydrogen) atoms. The van der Waals surface area contributed by atoms with E-state index in [1.54, 1.807) is 4.90 Å². The Morgan fingerprint density at radius 3 is 2.47 bits per heavy atom. The van der Waals surface area contributed by atoms with E-state index in [9.17, 15) is 18.8 Å². The third-order valence-electron chi connectivity index (χ3n) is 4.89. The van der Waals surface area contributed by atoms with E-state index in [-0.39, 0.29) is 27.7 Å². The maximum Gasteiger partial charge on any atom is 0.286 e. The summed E-state index contributed by atoms with van der Waals surface area (Å²) >= 11 is 0.907. The van der Waals surface area contributed by atoms with Crippen LogP contribution in [0.4, 0.5) is 10.1 Å². The number of likely N-dealkylation sites (tertiary alicyclic amines) is 1. The third kappa shape index (κ3) is 5.59. The molecule has 1 aromatic heterocycles. The summed E-state index contributed by atoms with van der Waals surface area (Å²) in [4.78, 5) is 38.8. The van der Waals surface area contributed by atoms with Crippen molar-refractivity contribution in [3.63, 3.8) is 0 Å². The lowest BCUT2D eigenvalue weighted by molar-refractivity contribution is -0.126. The van der Waals surface area contributed by atoms with Crippen molar-refractivity contribution in [3.05, 3.63) is 40.1 Å². The number of hydrogen-bond acceptors (Lipinski definition) is 6. The van der Waals surface area contributed by atoms with Crippen molar-refractivity contribution in [2.24, 2.45) is 5.92 Å². The molecule has 2 heterocycles. The predicted molar refractivity (Wildman–Crippen MR) is 111 cm³/mol. The second kappa shape index (κ2) is 10.2. The second-order valence-corrected chi connectivity index (χ2v) is 8.06. The predicted octanol–water partition coefficient (Wildman–Crippen LogP) is 2.70. The number of carbonyl (C=O) groups excluding carboxylic acids is 3. The Balaban J connectivity index is 1.52. The lowest BCUT2D eigenvalue weighted by Crippen LogP contribution is -2.43. The van der Waals surface area contributed by atoms with Crippen LogP contribution < -0.4 is 10.6 Å². The average Bonchev–Trinajstić information content (AvgIpc) is 3.25. The molecule has 0 atom stereocenters. The molecule has 1 aliphatic heterocycles. The van der Waals surface area contributed by atoms with E-state index in [2.05, 4.69) is 27.8 Å². The van der Waals surface area contributed by atoms with Crippen molar-refractivity contribution in [1.29, 1.82) is 0 Å². The van der Waals surface area contributed by atoms with Gasteiger partial charge in [-0.15, -0.1) is 10.2 Å². The summed E-state index contributed by atoms with van der Waals surface area (Å²) in [5.41, 5.74) is 0.420. The van der Waals surface area contributed by atoms with Gasteiger partial charge in [-0.3, -0.25) is 14.4 Å². The summed E-state index contributed by atoms with van der Waals surface area (Å²) in [6.45, 7) is 3.67. The lowest BCUT2D eigenvalue weighted by Gasteiger charge is -2.30. The molecule has 0 radical (unpaired) electrons. The molecule has 1 fully saturated rings. The van der Waals surface area contributed by atoms with Gasteiger partial charge in [0.15, 0.2) is 0 Å². The van der Waals surface area contributed by atoms with Crippen molar-refractivity contribution in [2.75, 3.05) is 25.0 Å². The number of nitrogens with one attached hydrogen (secondary N) is 2. The van der Waals surface area contributed by atoms with Crippen LogP contribution in [0.5, 0.6) is 0 Å². The van der Waals surface area contributed by atoms with Gasteiger partial charge in [-0.2, -0.15) is 0 Å². The van der Waals surface area contributed by atoms with E-state index in [4.69, 9.17) is 0 Å². The summed E-state index contributed by atoms with van der Waals surface area (Å²) in [5, 5.41) is 13.4. The summed E-state index contributed by atoms with van der Waals surface area (Å²) in [6.07, 6.45) is 3.18. The van der Waals surface area contributed by atoms with Crippen LogP contribution in [0.25, 0.3) is 0 Å². The lowest BCUT2D eigenvalue weighted by atomic mass is 9.96. The van der Waals surface area contributed by atoms with Crippen molar-refractivity contribution >= 4 is 34.7 Å². The molecule has 1 aromatic carbocycles. The van der Waals surface area contributed by atoms with Crippen LogP contribution in [0.15, 0.2) is 24.3 Å². The van der Waals surface area contributed by atoms with Gasteiger partial charge in [0.05, 0.1) is 0 Å². The van der Waals surface area contributed by atoms with Crippen molar-refractivity contribution < 1.29 is 18.8 Å². The molecule has 2 N–H and O–H groups in total. The standard InChI is InChI=1S/C20H24FN5O3S/c1-2-3-10-22-16(27)13-8-11-26(12-9-13)20(29)19-25-24-18(30-19)17(28)23-15-6-4-14(21)5-7-15/h4-7,13H,2-3,8-12H2,1H3,(H,22,27)(H,23,28). The van der Waals surface area contributed by atoms with E-state index < -0.39 is 11.7 Å². The van der Waals surface area contributed by atoms with Crippen molar-refractivity contribution in [3.8, 4) is 0 Å². The van der Waals surface area contributed by atoms with Crippen molar-refractivity contribution in [1.82, 2.24) is 20.4 Å². The molecule has 0 saturated carbocycles. The van der Waals surface area contributed by atoms with E-state index in [1.165, 1.54) is 24.3 Å². The van der Waals surface area contributed by atoms with Gasteiger partial charge in [-0.25, -0.2) is 4.39 Å². The van der Waals surface area contributed by atoms with Gasteiger partial charge in [0.25, 0.3) is 11.8 Å². The van der Waals surface area contributed by atoms with Crippen LogP contribution in [0.2, 0.25) is 0 Å². The number of nitrogens with zero attached hydrogens (tertiary/aromatic N) is 3. The summed E-state index contributed by atoms with van der Waals surface area (Å²) in [5.74, 6) is -1.25. The number of piperidine rings is 1. The van der Waals surface area contributed by atoms with E-state index in [1.807, 2.05) is 0 Å². The van der Waals surface area contributed by atoms with Gasteiger partial charge in [0.2, 0.25) is 15.9 Å². The summed E-state index contributed by atoms with van der Waals surface area (Å²) in [6, 6.07) is 5.34. The fourth-order valence-electron chi connectivity index (χ4n) is 3.13. The van der Waals surface area contributed by atoms with Crippen LogP contribution >= 0.6 is 11.3 Å². The molecule has 1 aliphatic rings. The maximum atomic E-state index is 13.0. The Kier molecular flexibility index (Phi) is 7.45. The zero-order valence-electron chi connectivity index (χ0n) is 16.7. The van der Waals surface area contributed by atoms with Crippen LogP contribution in [-0.4, -0.2) is 52.5 Å². The Labute approximate surface area is 177 Å².